The summed E-state index contributed by atoms with van der Waals surface area (Å²) in [5, 5.41) is 2.68. The van der Waals surface area contributed by atoms with E-state index in [0.717, 1.165) is 34.7 Å². The molecule has 132 valence electrons. The van der Waals surface area contributed by atoms with Crippen LogP contribution in [0.1, 0.15) is 53.4 Å². The molecule has 1 aromatic carbocycles. The van der Waals surface area contributed by atoms with Crippen molar-refractivity contribution in [2.24, 2.45) is 5.92 Å². The van der Waals surface area contributed by atoms with Gasteiger partial charge in [-0.05, 0) is 42.3 Å². The summed E-state index contributed by atoms with van der Waals surface area (Å²) in [6, 6.07) is 11.7. The molecule has 1 aliphatic heterocycles. The molecule has 1 amide bonds. The van der Waals surface area contributed by atoms with Gasteiger partial charge in [0.25, 0.3) is 5.91 Å². The summed E-state index contributed by atoms with van der Waals surface area (Å²) in [6.45, 7) is 0.687. The first-order valence-corrected chi connectivity index (χ1v) is 10.5. The van der Waals surface area contributed by atoms with Crippen molar-refractivity contribution < 1.29 is 4.79 Å². The van der Waals surface area contributed by atoms with Crippen LogP contribution in [0.25, 0.3) is 0 Å². The summed E-state index contributed by atoms with van der Waals surface area (Å²) in [5.41, 5.74) is 1.03. The topological polar surface area (TPSA) is 20.3 Å². The number of halogens is 2. The van der Waals surface area contributed by atoms with E-state index >= 15 is 0 Å². The third-order valence-corrected chi connectivity index (χ3v) is 7.58. The lowest BCUT2D eigenvalue weighted by Crippen LogP contribution is -2.53. The molecule has 2 fully saturated rings. The Morgan fingerprint density at radius 2 is 2.00 bits per heavy atom. The predicted molar refractivity (Wildman–Crippen MR) is 105 cm³/mol. The third-order valence-electron chi connectivity index (χ3n) is 5.72. The molecular weight excluding hydrogens is 373 g/mol. The normalized spacial score (nSPS) is 29.3. The lowest BCUT2D eigenvalue weighted by molar-refractivity contribution is 0.0284. The number of fused-ring (bicyclic) bond motifs is 1. The number of rotatable bonds is 2. The minimum Gasteiger partial charge on any atom is -0.330 e. The molecule has 0 spiro atoms. The van der Waals surface area contributed by atoms with Crippen molar-refractivity contribution >= 4 is 40.4 Å². The zero-order valence-electron chi connectivity index (χ0n) is 14.0. The predicted octanol–water partition coefficient (Wildman–Crippen LogP) is 6.16. The quantitative estimate of drug-likeness (QED) is 0.559. The standard InChI is InChI=1S/C20H21Cl2NOS/c21-16-8-2-1-6-14(16)18-15-7-3-4-10-20(15,22)11-12-23(18)19(24)17-9-5-13-25-17/h1-2,5-6,8-9,13,15,18H,3-4,7,10-12H2. The summed E-state index contributed by atoms with van der Waals surface area (Å²) in [4.78, 5) is 15.8. The molecule has 5 heteroatoms. The minimum absolute atomic E-state index is 0.0464. The number of hydrogen-bond donors (Lipinski definition) is 0. The highest BCUT2D eigenvalue weighted by Crippen LogP contribution is 2.53. The molecule has 0 N–H and O–H groups in total. The maximum absolute atomic E-state index is 13.2. The van der Waals surface area contributed by atoms with E-state index in [1.54, 1.807) is 0 Å². The Labute approximate surface area is 162 Å². The van der Waals surface area contributed by atoms with Gasteiger partial charge in [-0.25, -0.2) is 0 Å². The van der Waals surface area contributed by atoms with Crippen LogP contribution in [-0.4, -0.2) is 22.2 Å². The molecule has 25 heavy (non-hydrogen) atoms. The Hall–Kier alpha value is -1.03. The highest BCUT2D eigenvalue weighted by molar-refractivity contribution is 7.12. The lowest BCUT2D eigenvalue weighted by atomic mass is 9.68. The number of benzene rings is 1. The van der Waals surface area contributed by atoms with Gasteiger partial charge in [-0.15, -0.1) is 22.9 Å². The first-order chi connectivity index (χ1) is 12.1. The van der Waals surface area contributed by atoms with Gasteiger partial charge in [0.2, 0.25) is 0 Å². The van der Waals surface area contributed by atoms with Gasteiger partial charge in [-0.3, -0.25) is 4.79 Å². The van der Waals surface area contributed by atoms with E-state index in [1.807, 2.05) is 40.6 Å². The van der Waals surface area contributed by atoms with Crippen molar-refractivity contribution in [2.45, 2.75) is 43.0 Å². The zero-order valence-corrected chi connectivity index (χ0v) is 16.3. The van der Waals surface area contributed by atoms with Crippen LogP contribution in [0.5, 0.6) is 0 Å². The number of piperidine rings is 1. The molecule has 0 radical (unpaired) electrons. The Balaban J connectivity index is 1.78. The first-order valence-electron chi connectivity index (χ1n) is 8.88. The second-order valence-electron chi connectivity index (χ2n) is 7.08. The number of hydrogen-bond acceptors (Lipinski definition) is 2. The molecule has 0 bridgehead atoms. The molecule has 2 heterocycles. The lowest BCUT2D eigenvalue weighted by Gasteiger charge is -2.52. The van der Waals surface area contributed by atoms with Crippen molar-refractivity contribution in [1.29, 1.82) is 0 Å². The number of alkyl halides is 1. The van der Waals surface area contributed by atoms with Crippen molar-refractivity contribution in [3.05, 3.63) is 57.2 Å². The largest absolute Gasteiger partial charge is 0.330 e. The summed E-state index contributed by atoms with van der Waals surface area (Å²) in [5.74, 6) is 0.352. The zero-order chi connectivity index (χ0) is 17.4. The molecule has 1 saturated carbocycles. The highest BCUT2D eigenvalue weighted by atomic mass is 35.5. The summed E-state index contributed by atoms with van der Waals surface area (Å²) < 4.78 is 0. The van der Waals surface area contributed by atoms with Gasteiger partial charge in [0.1, 0.15) is 0 Å². The molecule has 3 unspecified atom stereocenters. The molecule has 2 nitrogen and oxygen atoms in total. The van der Waals surface area contributed by atoms with Crippen LogP contribution in [0.4, 0.5) is 0 Å². The molecule has 1 aliphatic carbocycles. The van der Waals surface area contributed by atoms with Gasteiger partial charge in [-0.1, -0.05) is 48.7 Å². The fourth-order valence-corrected chi connectivity index (χ4v) is 5.88. The molecular formula is C20H21Cl2NOS. The minimum atomic E-state index is -0.214. The molecule has 2 aliphatic rings. The second kappa shape index (κ2) is 6.94. The SMILES string of the molecule is O=C(c1cccs1)N1CCC2(Cl)CCCCC2C1c1ccccc1Cl. The van der Waals surface area contributed by atoms with E-state index in [2.05, 4.69) is 6.07 Å². The van der Waals surface area contributed by atoms with Crippen molar-refractivity contribution in [2.75, 3.05) is 6.54 Å². The van der Waals surface area contributed by atoms with Gasteiger partial charge >= 0.3 is 0 Å². The van der Waals surface area contributed by atoms with Gasteiger partial charge < -0.3 is 4.90 Å². The second-order valence-corrected chi connectivity index (χ2v) is 9.19. The Bertz CT molecular complexity index is 763. The van der Waals surface area contributed by atoms with Crippen LogP contribution in [0, 0.1) is 5.92 Å². The fourth-order valence-electron chi connectivity index (χ4n) is 4.51. The molecule has 3 atom stereocenters. The third kappa shape index (κ3) is 3.11. The van der Waals surface area contributed by atoms with Crippen molar-refractivity contribution in [3.8, 4) is 0 Å². The van der Waals surface area contributed by atoms with Gasteiger partial charge in [0.15, 0.2) is 0 Å². The smallest absolute Gasteiger partial charge is 0.264 e. The number of amides is 1. The van der Waals surface area contributed by atoms with E-state index in [-0.39, 0.29) is 22.7 Å². The molecule has 1 aromatic heterocycles. The van der Waals surface area contributed by atoms with E-state index in [4.69, 9.17) is 23.2 Å². The van der Waals surface area contributed by atoms with E-state index in [1.165, 1.54) is 24.2 Å². The van der Waals surface area contributed by atoms with Gasteiger partial charge in [-0.2, -0.15) is 0 Å². The van der Waals surface area contributed by atoms with E-state index in [0.29, 0.717) is 6.54 Å². The maximum Gasteiger partial charge on any atom is 0.264 e. The maximum atomic E-state index is 13.2. The Morgan fingerprint density at radius 1 is 1.16 bits per heavy atom. The van der Waals surface area contributed by atoms with Crippen molar-refractivity contribution in [3.63, 3.8) is 0 Å². The van der Waals surface area contributed by atoms with Crippen LogP contribution in [0.3, 0.4) is 0 Å². The van der Waals surface area contributed by atoms with Gasteiger partial charge in [0.05, 0.1) is 15.8 Å². The molecule has 4 rings (SSSR count). The van der Waals surface area contributed by atoms with Crippen LogP contribution >= 0.6 is 34.5 Å². The summed E-state index contributed by atoms with van der Waals surface area (Å²) in [7, 11) is 0. The number of carbonyl (C=O) groups is 1. The summed E-state index contributed by atoms with van der Waals surface area (Å²) in [6.07, 6.45) is 5.28. The average Bonchev–Trinajstić information content (AvgIpc) is 3.15. The fraction of sp³-hybridized carbons (Fsp3) is 0.450. The average molecular weight is 394 g/mol. The van der Waals surface area contributed by atoms with Crippen LogP contribution in [-0.2, 0) is 0 Å². The first kappa shape index (κ1) is 17.4. The highest BCUT2D eigenvalue weighted by Gasteiger charge is 2.50. The Morgan fingerprint density at radius 3 is 2.76 bits per heavy atom. The van der Waals surface area contributed by atoms with Crippen LogP contribution in [0.2, 0.25) is 5.02 Å². The number of carbonyl (C=O) groups excluding carboxylic acids is 1. The number of thiophene rings is 1. The molecule has 2 aromatic rings. The van der Waals surface area contributed by atoms with Crippen molar-refractivity contribution in [1.82, 2.24) is 4.90 Å². The van der Waals surface area contributed by atoms with Crippen LogP contribution in [0.15, 0.2) is 41.8 Å². The number of nitrogens with zero attached hydrogens (tertiary/aromatic N) is 1. The van der Waals surface area contributed by atoms with E-state index in [9.17, 15) is 4.79 Å². The Kier molecular flexibility index (Phi) is 4.83. The summed E-state index contributed by atoms with van der Waals surface area (Å²) >= 11 is 15.1. The monoisotopic (exact) mass is 393 g/mol. The van der Waals surface area contributed by atoms with Gasteiger partial charge in [0, 0.05) is 17.5 Å². The number of likely N-dealkylation sites (tertiary alicyclic amines) is 1. The van der Waals surface area contributed by atoms with Crippen LogP contribution < -0.4 is 0 Å². The molecule has 1 saturated heterocycles. The van der Waals surface area contributed by atoms with E-state index < -0.39 is 0 Å².